The van der Waals surface area contributed by atoms with Gasteiger partial charge in [-0.05, 0) is 12.8 Å². The van der Waals surface area contributed by atoms with Crippen LogP contribution in [-0.4, -0.2) is 108 Å². The molecule has 1 amide bonds. The fourth-order valence-corrected chi connectivity index (χ4v) is 11.7. The van der Waals surface area contributed by atoms with Crippen molar-refractivity contribution in [3.05, 3.63) is 11.1 Å². The fraction of sp³-hybridized carbons (Fsp3) is 0.840. The number of hydrogen-bond acceptors (Lipinski definition) is 12. The Morgan fingerprint density at radius 2 is 1.97 bits per heavy atom. The Morgan fingerprint density at radius 1 is 1.15 bits per heavy atom. The van der Waals surface area contributed by atoms with Crippen LogP contribution in [0.25, 0.3) is 0 Å². The highest BCUT2D eigenvalue weighted by Crippen LogP contribution is 2.50. The fourth-order valence-electron chi connectivity index (χ4n) is 6.55. The molecule has 14 heteroatoms. The number of ketones is 1. The van der Waals surface area contributed by atoms with E-state index in [0.29, 0.717) is 24.5 Å². The van der Waals surface area contributed by atoms with Gasteiger partial charge >= 0.3 is 0 Å². The molecule has 6 rings (SSSR count). The Bertz CT molecular complexity index is 940. The number of nitrogens with one attached hydrogen (secondary N) is 5. The third kappa shape index (κ3) is 6.45. The Kier molecular flexibility index (Phi) is 9.34. The third-order valence-electron chi connectivity index (χ3n) is 8.83. The SMILES string of the molecule is NC(=O)C1CNC(N[C@H]2CCCC[C@H]2[NH3+])NC1NC1CNC(C2CSC3C(=O)C=C(N4CCOCC4)SC32)S1. The van der Waals surface area contributed by atoms with Gasteiger partial charge in [0.2, 0.25) is 5.91 Å². The van der Waals surface area contributed by atoms with Gasteiger partial charge in [-0.2, -0.15) is 0 Å². The van der Waals surface area contributed by atoms with Gasteiger partial charge in [-0.25, -0.2) is 0 Å². The first-order chi connectivity index (χ1) is 19.0. The van der Waals surface area contributed by atoms with Gasteiger partial charge in [-0.3, -0.25) is 30.9 Å². The van der Waals surface area contributed by atoms with Crippen molar-refractivity contribution in [2.24, 2.45) is 17.6 Å². The van der Waals surface area contributed by atoms with Crippen LogP contribution >= 0.6 is 35.3 Å². The molecular weight excluding hydrogens is 557 g/mol. The topological polar surface area (TPSA) is 160 Å². The largest absolute Gasteiger partial charge is 0.378 e. The molecule has 0 aromatic carbocycles. The molecule has 10 atom stereocenters. The molecule has 0 radical (unpaired) electrons. The standard InChI is InChI=1S/C25H42N8O3S3/c26-15-3-1-2-4-16(15)30-25-29-10-13(22(27)35)23(32-25)31-18-11-28-24(38-18)14-12-37-21-17(34)9-19(39-20(14)21)33-5-7-36-8-6-33/h9,13-16,18,20-21,23-25,28-32H,1-8,10-12,26H2,(H2,27,35)/p+1/t13?,14?,15-,16+,18?,20?,21?,23?,24?,25?/m1/s1. The molecule has 8 unspecified atom stereocenters. The summed E-state index contributed by atoms with van der Waals surface area (Å²) in [6.45, 7) is 4.46. The molecule has 39 heavy (non-hydrogen) atoms. The van der Waals surface area contributed by atoms with Gasteiger partial charge in [0.05, 0.1) is 58.4 Å². The molecule has 11 nitrogen and oxygen atoms in total. The lowest BCUT2D eigenvalue weighted by molar-refractivity contribution is -0.431. The normalized spacial score (nSPS) is 43.3. The van der Waals surface area contributed by atoms with Gasteiger partial charge in [-0.1, -0.05) is 6.42 Å². The lowest BCUT2D eigenvalue weighted by Crippen LogP contribution is -2.76. The predicted molar refractivity (Wildman–Crippen MR) is 156 cm³/mol. The first-order valence-corrected chi connectivity index (χ1v) is 17.2. The van der Waals surface area contributed by atoms with Crippen molar-refractivity contribution < 1.29 is 20.1 Å². The maximum atomic E-state index is 13.0. The zero-order valence-electron chi connectivity index (χ0n) is 22.3. The number of ether oxygens (including phenoxy) is 1. The number of carbonyl (C=O) groups excluding carboxylic acids is 2. The summed E-state index contributed by atoms with van der Waals surface area (Å²) in [6, 6.07) is 0.760. The summed E-state index contributed by atoms with van der Waals surface area (Å²) >= 11 is 5.59. The molecule has 1 aliphatic carbocycles. The smallest absolute Gasteiger partial charge is 0.224 e. The first kappa shape index (κ1) is 28.6. The van der Waals surface area contributed by atoms with E-state index in [1.165, 1.54) is 12.8 Å². The minimum atomic E-state index is -0.344. The molecule has 0 aromatic heterocycles. The lowest BCUT2D eigenvalue weighted by Gasteiger charge is -2.41. The second-order valence-corrected chi connectivity index (χ2v) is 15.1. The summed E-state index contributed by atoms with van der Waals surface area (Å²) in [5.41, 5.74) is 10.1. The number of primary amides is 1. The number of rotatable bonds is 7. The monoisotopic (exact) mass is 599 g/mol. The third-order valence-corrected chi connectivity index (χ3v) is 13.4. The number of nitrogens with zero attached hydrogens (tertiary/aromatic N) is 1. The summed E-state index contributed by atoms with van der Waals surface area (Å²) in [7, 11) is 0. The highest BCUT2D eigenvalue weighted by molar-refractivity contribution is 8.07. The number of morpholine rings is 1. The second-order valence-electron chi connectivity index (χ2n) is 11.4. The van der Waals surface area contributed by atoms with E-state index in [0.717, 1.165) is 56.5 Å². The number of hydrogen-bond donors (Lipinski definition) is 7. The van der Waals surface area contributed by atoms with Gasteiger partial charge in [0, 0.05) is 55.6 Å². The lowest BCUT2D eigenvalue weighted by atomic mass is 9.91. The van der Waals surface area contributed by atoms with Crippen molar-refractivity contribution in [1.29, 1.82) is 0 Å². The Morgan fingerprint density at radius 3 is 2.77 bits per heavy atom. The van der Waals surface area contributed by atoms with E-state index in [9.17, 15) is 9.59 Å². The minimum absolute atomic E-state index is 0.0352. The number of nitrogens with two attached hydrogens (primary N) is 1. The van der Waals surface area contributed by atoms with E-state index in [4.69, 9.17) is 10.5 Å². The molecule has 1 saturated carbocycles. The van der Waals surface area contributed by atoms with Crippen molar-refractivity contribution in [3.63, 3.8) is 0 Å². The van der Waals surface area contributed by atoms with E-state index in [2.05, 4.69) is 37.2 Å². The van der Waals surface area contributed by atoms with Crippen LogP contribution in [-0.2, 0) is 14.3 Å². The highest BCUT2D eigenvalue weighted by atomic mass is 32.2. The van der Waals surface area contributed by atoms with Crippen LogP contribution < -0.4 is 38.1 Å². The summed E-state index contributed by atoms with van der Waals surface area (Å²) in [5.74, 6) is 0.974. The predicted octanol–water partition coefficient (Wildman–Crippen LogP) is -1.80. The summed E-state index contributed by atoms with van der Waals surface area (Å²) < 4.78 is 5.52. The maximum Gasteiger partial charge on any atom is 0.224 e. The Labute approximate surface area is 243 Å². The second kappa shape index (κ2) is 12.8. The average molecular weight is 600 g/mol. The first-order valence-electron chi connectivity index (χ1n) is 14.4. The molecule has 5 aliphatic heterocycles. The van der Waals surface area contributed by atoms with E-state index in [1.54, 1.807) is 0 Å². The number of thioether (sulfide) groups is 3. The molecule has 0 aromatic rings. The van der Waals surface area contributed by atoms with Crippen molar-refractivity contribution in [3.8, 4) is 0 Å². The molecule has 0 spiro atoms. The van der Waals surface area contributed by atoms with Crippen LogP contribution in [0.3, 0.4) is 0 Å². The van der Waals surface area contributed by atoms with Crippen molar-refractivity contribution in [1.82, 2.24) is 31.5 Å². The quantitative estimate of drug-likeness (QED) is 0.176. The maximum absolute atomic E-state index is 13.0. The number of allylic oxidation sites excluding steroid dienone is 1. The van der Waals surface area contributed by atoms with E-state index < -0.39 is 0 Å². The van der Waals surface area contributed by atoms with E-state index >= 15 is 0 Å². The molecule has 6 aliphatic rings. The van der Waals surface area contributed by atoms with E-state index in [1.807, 2.05) is 41.4 Å². The zero-order chi connectivity index (χ0) is 26.9. The summed E-state index contributed by atoms with van der Waals surface area (Å²) in [5, 5.41) is 19.9. The van der Waals surface area contributed by atoms with Gasteiger partial charge in [-0.15, -0.1) is 35.3 Å². The van der Waals surface area contributed by atoms with Crippen molar-refractivity contribution >= 4 is 47.0 Å². The average Bonchev–Trinajstić information content (AvgIpc) is 3.58. The highest BCUT2D eigenvalue weighted by Gasteiger charge is 2.49. The minimum Gasteiger partial charge on any atom is -0.378 e. The van der Waals surface area contributed by atoms with Crippen LogP contribution in [0.1, 0.15) is 25.7 Å². The number of fused-ring (bicyclic) bond motifs is 1. The Hall–Kier alpha value is -0.550. The number of quaternary nitrogens is 1. The van der Waals surface area contributed by atoms with Crippen LogP contribution in [0.15, 0.2) is 11.1 Å². The van der Waals surface area contributed by atoms with Gasteiger partial charge in [0.25, 0.3) is 0 Å². The molecule has 218 valence electrons. The van der Waals surface area contributed by atoms with Gasteiger partial charge in [0.1, 0.15) is 6.29 Å². The zero-order valence-corrected chi connectivity index (χ0v) is 24.8. The van der Waals surface area contributed by atoms with Crippen LogP contribution in [0.2, 0.25) is 0 Å². The number of carbonyl (C=O) groups is 2. The van der Waals surface area contributed by atoms with Gasteiger partial charge < -0.3 is 26.4 Å². The van der Waals surface area contributed by atoms with E-state index in [-0.39, 0.29) is 51.3 Å². The van der Waals surface area contributed by atoms with Crippen molar-refractivity contribution in [2.45, 2.75) is 71.5 Å². The van der Waals surface area contributed by atoms with Crippen molar-refractivity contribution in [2.75, 3.05) is 45.1 Å². The summed E-state index contributed by atoms with van der Waals surface area (Å²) in [4.78, 5) is 27.6. The van der Waals surface area contributed by atoms with Crippen LogP contribution in [0.5, 0.6) is 0 Å². The molecule has 0 bridgehead atoms. The number of amides is 1. The molecule has 5 fully saturated rings. The van der Waals surface area contributed by atoms with Crippen LogP contribution in [0, 0.1) is 11.8 Å². The molecule has 10 N–H and O–H groups in total. The Balaban J connectivity index is 1.06. The van der Waals surface area contributed by atoms with Crippen LogP contribution in [0.4, 0.5) is 0 Å². The molecular formula is C25H43N8O3S3+. The molecule has 4 saturated heterocycles. The van der Waals surface area contributed by atoms with Gasteiger partial charge in [0.15, 0.2) is 5.78 Å². The summed E-state index contributed by atoms with van der Waals surface area (Å²) in [6.07, 6.45) is 6.30. The molecule has 5 heterocycles.